The van der Waals surface area contributed by atoms with Crippen LogP contribution in [-0.2, 0) is 10.2 Å². The molecule has 2 aromatic rings. The van der Waals surface area contributed by atoms with Gasteiger partial charge in [0.25, 0.3) is 0 Å². The first kappa shape index (κ1) is 17.3. The molecule has 1 aliphatic rings. The van der Waals surface area contributed by atoms with Crippen LogP contribution in [-0.4, -0.2) is 6.61 Å². The molecule has 1 atom stereocenters. The van der Waals surface area contributed by atoms with Crippen molar-refractivity contribution in [3.63, 3.8) is 0 Å². The predicted octanol–water partition coefficient (Wildman–Crippen LogP) is 6.05. The zero-order chi connectivity index (χ0) is 17.4. The Hall–Kier alpha value is -2.54. The van der Waals surface area contributed by atoms with Crippen LogP contribution in [0.4, 0.5) is 0 Å². The van der Waals surface area contributed by atoms with Crippen LogP contribution in [0.15, 0.2) is 97.8 Å². The van der Waals surface area contributed by atoms with Crippen LogP contribution in [0.3, 0.4) is 0 Å². The van der Waals surface area contributed by atoms with Gasteiger partial charge in [0, 0.05) is 5.41 Å². The van der Waals surface area contributed by atoms with Crippen LogP contribution in [0.2, 0.25) is 0 Å². The minimum atomic E-state index is -0.0473. The second kappa shape index (κ2) is 8.53. The zero-order valence-corrected chi connectivity index (χ0v) is 14.7. The van der Waals surface area contributed by atoms with Gasteiger partial charge in [-0.3, -0.25) is 0 Å². The Balaban J connectivity index is 2.07. The molecule has 2 aromatic carbocycles. The Morgan fingerprint density at radius 3 is 2.12 bits per heavy atom. The standard InChI is InChI=1S/C24H26O/c1-2-25-20-12-19-24(21-13-6-3-7-14-21,22-15-8-4-9-16-22)23-17-10-5-11-18-23/h2-11,13-17,23H,1,12,18-20H2. The SMILES string of the molecule is C=COCCCC(c1ccccc1)(c1ccccc1)C1C=CC=CC1. The first-order valence-electron chi connectivity index (χ1n) is 9.05. The fraction of sp³-hybridized carbons (Fsp3) is 0.250. The van der Waals surface area contributed by atoms with Crippen LogP contribution < -0.4 is 0 Å². The van der Waals surface area contributed by atoms with Gasteiger partial charge in [-0.05, 0) is 36.3 Å². The summed E-state index contributed by atoms with van der Waals surface area (Å²) in [6.45, 7) is 4.36. The Morgan fingerprint density at radius 2 is 1.60 bits per heavy atom. The summed E-state index contributed by atoms with van der Waals surface area (Å²) >= 11 is 0. The fourth-order valence-corrected chi connectivity index (χ4v) is 4.00. The summed E-state index contributed by atoms with van der Waals surface area (Å²) < 4.78 is 5.42. The molecule has 1 unspecified atom stereocenters. The summed E-state index contributed by atoms with van der Waals surface area (Å²) in [5.41, 5.74) is 2.71. The smallest absolute Gasteiger partial charge is 0.0873 e. The van der Waals surface area contributed by atoms with Gasteiger partial charge in [-0.25, -0.2) is 0 Å². The molecule has 25 heavy (non-hydrogen) atoms. The van der Waals surface area contributed by atoms with E-state index in [-0.39, 0.29) is 5.41 Å². The van der Waals surface area contributed by atoms with Crippen molar-refractivity contribution in [1.82, 2.24) is 0 Å². The van der Waals surface area contributed by atoms with Crippen molar-refractivity contribution in [3.8, 4) is 0 Å². The van der Waals surface area contributed by atoms with Crippen molar-refractivity contribution in [2.75, 3.05) is 6.61 Å². The molecule has 0 aliphatic heterocycles. The molecule has 3 rings (SSSR count). The molecule has 0 radical (unpaired) electrons. The largest absolute Gasteiger partial charge is 0.502 e. The van der Waals surface area contributed by atoms with Crippen LogP contribution in [0.5, 0.6) is 0 Å². The molecule has 0 fully saturated rings. The predicted molar refractivity (Wildman–Crippen MR) is 105 cm³/mol. The summed E-state index contributed by atoms with van der Waals surface area (Å²) in [6, 6.07) is 21.9. The van der Waals surface area contributed by atoms with Gasteiger partial charge in [-0.1, -0.05) is 91.5 Å². The maximum Gasteiger partial charge on any atom is 0.0873 e. The molecule has 0 N–H and O–H groups in total. The van der Waals surface area contributed by atoms with E-state index in [9.17, 15) is 0 Å². The maximum absolute atomic E-state index is 5.42. The molecule has 0 spiro atoms. The fourth-order valence-electron chi connectivity index (χ4n) is 4.00. The summed E-state index contributed by atoms with van der Waals surface area (Å²) in [5.74, 6) is 0.436. The van der Waals surface area contributed by atoms with Gasteiger partial charge in [0.1, 0.15) is 0 Å². The van der Waals surface area contributed by atoms with E-state index in [0.29, 0.717) is 12.5 Å². The molecule has 1 nitrogen and oxygen atoms in total. The van der Waals surface area contributed by atoms with Crippen LogP contribution >= 0.6 is 0 Å². The highest BCUT2D eigenvalue weighted by atomic mass is 16.5. The van der Waals surface area contributed by atoms with Crippen molar-refractivity contribution in [3.05, 3.63) is 109 Å². The van der Waals surface area contributed by atoms with E-state index in [1.807, 2.05) is 0 Å². The van der Waals surface area contributed by atoms with Gasteiger partial charge in [0.2, 0.25) is 0 Å². The topological polar surface area (TPSA) is 9.23 Å². The number of benzene rings is 2. The third-order valence-corrected chi connectivity index (χ3v) is 5.14. The first-order valence-corrected chi connectivity index (χ1v) is 9.05. The molecule has 0 saturated carbocycles. The van der Waals surface area contributed by atoms with Crippen molar-refractivity contribution >= 4 is 0 Å². The van der Waals surface area contributed by atoms with E-state index >= 15 is 0 Å². The summed E-state index contributed by atoms with van der Waals surface area (Å²) in [5, 5.41) is 0. The third kappa shape index (κ3) is 3.76. The molecule has 1 aliphatic carbocycles. The monoisotopic (exact) mass is 330 g/mol. The average Bonchev–Trinajstić information content (AvgIpc) is 2.70. The van der Waals surface area contributed by atoms with E-state index in [1.165, 1.54) is 17.4 Å². The molecular weight excluding hydrogens is 304 g/mol. The number of hydrogen-bond donors (Lipinski definition) is 0. The Kier molecular flexibility index (Phi) is 5.90. The zero-order valence-electron chi connectivity index (χ0n) is 14.7. The first-order chi connectivity index (χ1) is 12.4. The minimum absolute atomic E-state index is 0.0473. The molecule has 0 amide bonds. The minimum Gasteiger partial charge on any atom is -0.502 e. The van der Waals surface area contributed by atoms with Crippen molar-refractivity contribution < 1.29 is 4.74 Å². The molecule has 1 heteroatoms. The highest BCUT2D eigenvalue weighted by Gasteiger charge is 2.40. The van der Waals surface area contributed by atoms with Gasteiger partial charge in [0.05, 0.1) is 12.9 Å². The lowest BCUT2D eigenvalue weighted by molar-refractivity contribution is 0.223. The van der Waals surface area contributed by atoms with Gasteiger partial charge in [-0.2, -0.15) is 0 Å². The van der Waals surface area contributed by atoms with E-state index in [4.69, 9.17) is 4.74 Å². The molecular formula is C24H26O. The maximum atomic E-state index is 5.42. The van der Waals surface area contributed by atoms with Gasteiger partial charge in [0.15, 0.2) is 0 Å². The molecule has 128 valence electrons. The Morgan fingerprint density at radius 1 is 0.960 bits per heavy atom. The average molecular weight is 330 g/mol. The summed E-state index contributed by atoms with van der Waals surface area (Å²) in [4.78, 5) is 0. The van der Waals surface area contributed by atoms with Gasteiger partial charge >= 0.3 is 0 Å². The lowest BCUT2D eigenvalue weighted by Gasteiger charge is -2.41. The van der Waals surface area contributed by atoms with Crippen molar-refractivity contribution in [2.45, 2.75) is 24.7 Å². The molecule has 0 heterocycles. The lowest BCUT2D eigenvalue weighted by atomic mass is 9.61. The quantitative estimate of drug-likeness (QED) is 0.423. The van der Waals surface area contributed by atoms with E-state index in [0.717, 1.165) is 19.3 Å². The molecule has 0 bridgehead atoms. The summed E-state index contributed by atoms with van der Waals surface area (Å²) in [6.07, 6.45) is 13.6. The number of hydrogen-bond acceptors (Lipinski definition) is 1. The highest BCUT2D eigenvalue weighted by Crippen LogP contribution is 2.46. The normalized spacial score (nSPS) is 16.6. The molecule has 0 saturated heterocycles. The molecule has 0 aromatic heterocycles. The highest BCUT2D eigenvalue weighted by molar-refractivity contribution is 5.42. The van der Waals surface area contributed by atoms with Crippen LogP contribution in [0.25, 0.3) is 0 Å². The van der Waals surface area contributed by atoms with E-state index in [2.05, 4.69) is 91.5 Å². The van der Waals surface area contributed by atoms with Gasteiger partial charge in [-0.15, -0.1) is 0 Å². The van der Waals surface area contributed by atoms with Crippen LogP contribution in [0.1, 0.15) is 30.4 Å². The van der Waals surface area contributed by atoms with E-state index < -0.39 is 0 Å². The van der Waals surface area contributed by atoms with Crippen molar-refractivity contribution in [1.29, 1.82) is 0 Å². The summed E-state index contributed by atoms with van der Waals surface area (Å²) in [7, 11) is 0. The number of ether oxygens (including phenoxy) is 1. The second-order valence-electron chi connectivity index (χ2n) is 6.50. The number of rotatable bonds is 8. The van der Waals surface area contributed by atoms with Crippen molar-refractivity contribution in [2.24, 2.45) is 5.92 Å². The van der Waals surface area contributed by atoms with Crippen LogP contribution in [0, 0.1) is 5.92 Å². The number of allylic oxidation sites excluding steroid dienone is 4. The van der Waals surface area contributed by atoms with E-state index in [1.54, 1.807) is 0 Å². The van der Waals surface area contributed by atoms with Gasteiger partial charge < -0.3 is 4.74 Å². The third-order valence-electron chi connectivity index (χ3n) is 5.14. The lowest BCUT2D eigenvalue weighted by Crippen LogP contribution is -2.36. The Labute approximate surface area is 151 Å². The second-order valence-corrected chi connectivity index (χ2v) is 6.50. The Bertz CT molecular complexity index is 673.